The zero-order chi connectivity index (χ0) is 15.1. The fourth-order valence-corrected chi connectivity index (χ4v) is 2.38. The van der Waals surface area contributed by atoms with E-state index >= 15 is 0 Å². The maximum Gasteiger partial charge on any atom is 0.320 e. The number of hydrogen-bond donors (Lipinski definition) is 2. The van der Waals surface area contributed by atoms with Crippen molar-refractivity contribution in [2.24, 2.45) is 5.73 Å². The molecule has 1 aromatic rings. The van der Waals surface area contributed by atoms with Crippen LogP contribution in [0.25, 0.3) is 0 Å². The summed E-state index contributed by atoms with van der Waals surface area (Å²) in [6.45, 7) is 3.34. The summed E-state index contributed by atoms with van der Waals surface area (Å²) in [4.78, 5) is 12.9. The molecule has 0 amide bonds. The van der Waals surface area contributed by atoms with Crippen LogP contribution in [-0.4, -0.2) is 42.0 Å². The summed E-state index contributed by atoms with van der Waals surface area (Å²) in [5.74, 6) is 0.0249. The van der Waals surface area contributed by atoms with Crippen LogP contribution in [-0.2, 0) is 11.2 Å². The minimum Gasteiger partial charge on any atom is -0.480 e. The summed E-state index contributed by atoms with van der Waals surface area (Å²) in [6, 6.07) is 5.04. The second-order valence-corrected chi connectivity index (χ2v) is 5.38. The van der Waals surface area contributed by atoms with Crippen LogP contribution in [0.3, 0.4) is 0 Å². The summed E-state index contributed by atoms with van der Waals surface area (Å²) in [5, 5.41) is 8.91. The van der Waals surface area contributed by atoms with E-state index in [0.717, 1.165) is 16.8 Å². The Hall–Kier alpha value is -0.970. The molecule has 0 heterocycles. The quantitative estimate of drug-likeness (QED) is 0.721. The normalized spacial score (nSPS) is 12.2. The summed E-state index contributed by atoms with van der Waals surface area (Å²) in [7, 11) is 0. The van der Waals surface area contributed by atoms with Crippen LogP contribution in [0.15, 0.2) is 18.2 Å². The number of hydrogen-bond acceptors (Lipinski definition) is 3. The fourth-order valence-electron chi connectivity index (χ4n) is 1.97. The first kappa shape index (κ1) is 17.1. The lowest BCUT2D eigenvalue weighted by atomic mass is 10.0. The standard InChI is InChI=1S/C14H20Cl2N2O2/c1-10-2-3-12(18(6-4-15)7-5-16)8-11(10)9-13(17)14(19)20/h2-3,8,13H,4-7,9,17H2,1H3,(H,19,20)/t13-/m1/s1. The van der Waals surface area contributed by atoms with Crippen molar-refractivity contribution in [2.75, 3.05) is 29.7 Å². The zero-order valence-electron chi connectivity index (χ0n) is 11.5. The van der Waals surface area contributed by atoms with Crippen molar-refractivity contribution in [2.45, 2.75) is 19.4 Å². The molecule has 3 N–H and O–H groups in total. The molecule has 4 nitrogen and oxygen atoms in total. The van der Waals surface area contributed by atoms with E-state index in [1.54, 1.807) is 0 Å². The molecule has 0 spiro atoms. The van der Waals surface area contributed by atoms with E-state index in [1.807, 2.05) is 25.1 Å². The van der Waals surface area contributed by atoms with Gasteiger partial charge in [-0.2, -0.15) is 0 Å². The molecular weight excluding hydrogens is 299 g/mol. The van der Waals surface area contributed by atoms with Gasteiger partial charge in [-0.05, 0) is 36.6 Å². The molecule has 0 aliphatic carbocycles. The Labute approximate surface area is 129 Å². The molecule has 1 aromatic carbocycles. The summed E-state index contributed by atoms with van der Waals surface area (Å²) >= 11 is 11.6. The Balaban J connectivity index is 2.96. The van der Waals surface area contributed by atoms with Crippen molar-refractivity contribution in [3.8, 4) is 0 Å². The SMILES string of the molecule is Cc1ccc(N(CCCl)CCCl)cc1C[C@@H](N)C(=O)O. The van der Waals surface area contributed by atoms with E-state index in [2.05, 4.69) is 4.90 Å². The molecular formula is C14H20Cl2N2O2. The minimum absolute atomic E-state index is 0.310. The summed E-state index contributed by atoms with van der Waals surface area (Å²) < 4.78 is 0. The van der Waals surface area contributed by atoms with Gasteiger partial charge in [0.1, 0.15) is 6.04 Å². The van der Waals surface area contributed by atoms with Gasteiger partial charge in [0, 0.05) is 30.5 Å². The smallest absolute Gasteiger partial charge is 0.320 e. The Morgan fingerprint density at radius 2 is 1.95 bits per heavy atom. The fraction of sp³-hybridized carbons (Fsp3) is 0.500. The summed E-state index contributed by atoms with van der Waals surface area (Å²) in [5.41, 5.74) is 8.56. The van der Waals surface area contributed by atoms with Crippen molar-refractivity contribution >= 4 is 34.9 Å². The molecule has 0 saturated carbocycles. The van der Waals surface area contributed by atoms with Crippen LogP contribution in [0.5, 0.6) is 0 Å². The molecule has 0 bridgehead atoms. The third-order valence-corrected chi connectivity index (χ3v) is 3.50. The van der Waals surface area contributed by atoms with E-state index in [4.69, 9.17) is 34.0 Å². The van der Waals surface area contributed by atoms with E-state index in [1.165, 1.54) is 0 Å². The lowest BCUT2D eigenvalue weighted by molar-refractivity contribution is -0.138. The first-order valence-corrected chi connectivity index (χ1v) is 7.51. The van der Waals surface area contributed by atoms with Crippen LogP contribution < -0.4 is 10.6 Å². The Morgan fingerprint density at radius 3 is 2.45 bits per heavy atom. The average molecular weight is 319 g/mol. The molecule has 0 saturated heterocycles. The predicted molar refractivity (Wildman–Crippen MR) is 84.1 cm³/mol. The lowest BCUT2D eigenvalue weighted by Gasteiger charge is -2.24. The van der Waals surface area contributed by atoms with Crippen LogP contribution >= 0.6 is 23.2 Å². The van der Waals surface area contributed by atoms with Gasteiger partial charge in [0.05, 0.1) is 0 Å². The van der Waals surface area contributed by atoms with Gasteiger partial charge < -0.3 is 15.7 Å². The second-order valence-electron chi connectivity index (χ2n) is 4.62. The Bertz CT molecular complexity index is 449. The van der Waals surface area contributed by atoms with E-state index in [9.17, 15) is 4.79 Å². The number of benzene rings is 1. The van der Waals surface area contributed by atoms with E-state index in [0.29, 0.717) is 31.3 Å². The van der Waals surface area contributed by atoms with Crippen LogP contribution in [0.1, 0.15) is 11.1 Å². The van der Waals surface area contributed by atoms with E-state index < -0.39 is 12.0 Å². The number of halogens is 2. The van der Waals surface area contributed by atoms with Gasteiger partial charge in [-0.25, -0.2) is 0 Å². The number of carboxylic acids is 1. The molecule has 0 aromatic heterocycles. The highest BCUT2D eigenvalue weighted by molar-refractivity contribution is 6.18. The van der Waals surface area contributed by atoms with E-state index in [-0.39, 0.29) is 0 Å². The Morgan fingerprint density at radius 1 is 1.35 bits per heavy atom. The molecule has 1 atom stereocenters. The van der Waals surface area contributed by atoms with Gasteiger partial charge in [0.25, 0.3) is 0 Å². The van der Waals surface area contributed by atoms with Gasteiger partial charge in [-0.3, -0.25) is 4.79 Å². The third-order valence-electron chi connectivity index (χ3n) is 3.16. The largest absolute Gasteiger partial charge is 0.480 e. The highest BCUT2D eigenvalue weighted by Crippen LogP contribution is 2.20. The van der Waals surface area contributed by atoms with Gasteiger partial charge in [0.15, 0.2) is 0 Å². The molecule has 0 radical (unpaired) electrons. The number of anilines is 1. The number of carboxylic acid groups (broad SMARTS) is 1. The molecule has 20 heavy (non-hydrogen) atoms. The minimum atomic E-state index is -0.992. The summed E-state index contributed by atoms with van der Waals surface area (Å²) in [6.07, 6.45) is 0.310. The topological polar surface area (TPSA) is 66.6 Å². The van der Waals surface area contributed by atoms with Crippen molar-refractivity contribution in [3.63, 3.8) is 0 Å². The highest BCUT2D eigenvalue weighted by atomic mass is 35.5. The van der Waals surface area contributed by atoms with Crippen LogP contribution in [0, 0.1) is 6.92 Å². The number of aryl methyl sites for hydroxylation is 1. The van der Waals surface area contributed by atoms with Crippen molar-refractivity contribution < 1.29 is 9.90 Å². The van der Waals surface area contributed by atoms with Gasteiger partial charge >= 0.3 is 5.97 Å². The number of aliphatic carboxylic acids is 1. The van der Waals surface area contributed by atoms with Crippen molar-refractivity contribution in [1.82, 2.24) is 0 Å². The molecule has 1 rings (SSSR count). The van der Waals surface area contributed by atoms with Gasteiger partial charge in [0.2, 0.25) is 0 Å². The van der Waals surface area contributed by atoms with Gasteiger partial charge in [-0.15, -0.1) is 23.2 Å². The second kappa shape index (κ2) is 8.35. The van der Waals surface area contributed by atoms with Gasteiger partial charge in [-0.1, -0.05) is 6.07 Å². The lowest BCUT2D eigenvalue weighted by Crippen LogP contribution is -2.32. The van der Waals surface area contributed by atoms with Crippen molar-refractivity contribution in [1.29, 1.82) is 0 Å². The molecule has 112 valence electrons. The number of alkyl halides is 2. The van der Waals surface area contributed by atoms with Crippen LogP contribution in [0.4, 0.5) is 5.69 Å². The predicted octanol–water partition coefficient (Wildman–Crippen LogP) is 2.23. The molecule has 0 aliphatic rings. The zero-order valence-corrected chi connectivity index (χ0v) is 13.0. The number of rotatable bonds is 8. The van der Waals surface area contributed by atoms with Crippen molar-refractivity contribution in [3.05, 3.63) is 29.3 Å². The first-order valence-electron chi connectivity index (χ1n) is 6.44. The number of carbonyl (C=O) groups is 1. The molecule has 6 heteroatoms. The maximum atomic E-state index is 10.9. The molecule has 0 aliphatic heterocycles. The first-order chi connectivity index (χ1) is 9.49. The maximum absolute atomic E-state index is 10.9. The average Bonchev–Trinajstić information content (AvgIpc) is 2.41. The number of nitrogens with two attached hydrogens (primary N) is 1. The third kappa shape index (κ3) is 4.85. The molecule has 0 fully saturated rings. The highest BCUT2D eigenvalue weighted by Gasteiger charge is 2.15. The Kier molecular flexibility index (Phi) is 7.13. The molecule has 0 unspecified atom stereocenters. The van der Waals surface area contributed by atoms with Crippen LogP contribution in [0.2, 0.25) is 0 Å². The monoisotopic (exact) mass is 318 g/mol. The number of nitrogens with zero attached hydrogens (tertiary/aromatic N) is 1.